The molecule has 27 heavy (non-hydrogen) atoms. The molecule has 7 heteroatoms. The summed E-state index contributed by atoms with van der Waals surface area (Å²) in [7, 11) is 0. The van der Waals surface area contributed by atoms with E-state index in [-0.39, 0.29) is 24.1 Å². The van der Waals surface area contributed by atoms with E-state index in [9.17, 15) is 9.59 Å². The van der Waals surface area contributed by atoms with Gasteiger partial charge in [0.1, 0.15) is 29.5 Å². The average Bonchev–Trinajstić information content (AvgIpc) is 3.38. The zero-order valence-corrected chi connectivity index (χ0v) is 14.6. The van der Waals surface area contributed by atoms with Crippen LogP contribution in [0.1, 0.15) is 40.8 Å². The fourth-order valence-corrected chi connectivity index (χ4v) is 3.27. The van der Waals surface area contributed by atoms with Gasteiger partial charge in [-0.3, -0.25) is 9.59 Å². The number of likely N-dealkylation sites (tertiary alicyclic amines) is 1. The third-order valence-electron chi connectivity index (χ3n) is 4.59. The van der Waals surface area contributed by atoms with Crippen molar-refractivity contribution in [2.24, 2.45) is 0 Å². The molecule has 0 bridgehead atoms. The highest BCUT2D eigenvalue weighted by Gasteiger charge is 2.33. The van der Waals surface area contributed by atoms with E-state index < -0.39 is 5.56 Å². The summed E-state index contributed by atoms with van der Waals surface area (Å²) in [5.41, 5.74) is -0.441. The lowest BCUT2D eigenvalue weighted by molar-refractivity contribution is 0.0717. The highest BCUT2D eigenvalue weighted by atomic mass is 16.5. The molecule has 0 unspecified atom stereocenters. The maximum absolute atomic E-state index is 12.9. The van der Waals surface area contributed by atoms with E-state index in [1.807, 2.05) is 36.4 Å². The van der Waals surface area contributed by atoms with Gasteiger partial charge in [-0.25, -0.2) is 4.98 Å². The van der Waals surface area contributed by atoms with E-state index in [2.05, 4.69) is 9.97 Å². The summed E-state index contributed by atoms with van der Waals surface area (Å²) in [6.07, 6.45) is 4.59. The Labute approximate surface area is 155 Å². The van der Waals surface area contributed by atoms with Crippen molar-refractivity contribution in [2.75, 3.05) is 6.54 Å². The summed E-state index contributed by atoms with van der Waals surface area (Å²) >= 11 is 0. The molecule has 3 heterocycles. The fourth-order valence-electron chi connectivity index (χ4n) is 3.27. The van der Waals surface area contributed by atoms with Gasteiger partial charge in [0, 0.05) is 12.7 Å². The lowest BCUT2D eigenvalue weighted by atomic mass is 10.1. The van der Waals surface area contributed by atoms with Crippen molar-refractivity contribution in [3.63, 3.8) is 0 Å². The molecule has 3 aromatic rings. The fraction of sp³-hybridized carbons (Fsp3) is 0.250. The van der Waals surface area contributed by atoms with Crippen LogP contribution in [0.3, 0.4) is 0 Å². The van der Waals surface area contributed by atoms with Crippen molar-refractivity contribution in [2.45, 2.75) is 25.5 Å². The van der Waals surface area contributed by atoms with Gasteiger partial charge in [0.2, 0.25) is 0 Å². The SMILES string of the molecule is O=C(c1cnc(COc2ccccc2)[nH]c1=O)N1CCC[C@H]1c1ccco1. The smallest absolute Gasteiger partial charge is 0.263 e. The number of furan rings is 1. The lowest BCUT2D eigenvalue weighted by Crippen LogP contribution is -2.35. The van der Waals surface area contributed by atoms with Crippen molar-refractivity contribution >= 4 is 5.91 Å². The Kier molecular flexibility index (Phi) is 4.74. The molecule has 1 atom stereocenters. The number of rotatable bonds is 5. The Hall–Kier alpha value is -3.35. The van der Waals surface area contributed by atoms with Crippen LogP contribution in [0.15, 0.2) is 64.1 Å². The number of aromatic nitrogens is 2. The third-order valence-corrected chi connectivity index (χ3v) is 4.59. The second-order valence-corrected chi connectivity index (χ2v) is 6.35. The Morgan fingerprint density at radius 2 is 2.11 bits per heavy atom. The minimum absolute atomic E-state index is 0.0249. The number of nitrogens with one attached hydrogen (secondary N) is 1. The second-order valence-electron chi connectivity index (χ2n) is 6.35. The summed E-state index contributed by atoms with van der Waals surface area (Å²) in [5, 5.41) is 0. The molecule has 138 valence electrons. The van der Waals surface area contributed by atoms with Crippen LogP contribution in [0.4, 0.5) is 0 Å². The summed E-state index contributed by atoms with van der Waals surface area (Å²) in [6.45, 7) is 0.703. The monoisotopic (exact) mass is 365 g/mol. The first-order valence-corrected chi connectivity index (χ1v) is 8.83. The minimum Gasteiger partial charge on any atom is -0.486 e. The largest absolute Gasteiger partial charge is 0.486 e. The zero-order valence-electron chi connectivity index (χ0n) is 14.6. The Morgan fingerprint density at radius 1 is 1.26 bits per heavy atom. The lowest BCUT2D eigenvalue weighted by Gasteiger charge is -2.22. The number of benzene rings is 1. The number of carbonyl (C=O) groups is 1. The molecule has 0 saturated carbocycles. The van der Waals surface area contributed by atoms with Gasteiger partial charge >= 0.3 is 0 Å². The van der Waals surface area contributed by atoms with Crippen LogP contribution in [0, 0.1) is 0 Å². The molecule has 1 aliphatic heterocycles. The molecule has 0 radical (unpaired) electrons. The molecule has 1 fully saturated rings. The Bertz CT molecular complexity index is 966. The molecular weight excluding hydrogens is 346 g/mol. The van der Waals surface area contributed by atoms with E-state index in [0.717, 1.165) is 18.6 Å². The molecule has 1 amide bonds. The molecule has 2 aromatic heterocycles. The van der Waals surface area contributed by atoms with E-state index in [1.165, 1.54) is 6.20 Å². The first-order chi connectivity index (χ1) is 13.2. The van der Waals surface area contributed by atoms with Crippen LogP contribution in [-0.2, 0) is 6.61 Å². The molecule has 1 aromatic carbocycles. The predicted octanol–water partition coefficient (Wildman–Crippen LogP) is 2.92. The summed E-state index contributed by atoms with van der Waals surface area (Å²) in [6, 6.07) is 12.7. The number of nitrogens with zero attached hydrogens (tertiary/aromatic N) is 2. The molecular formula is C20H19N3O4. The van der Waals surface area contributed by atoms with Crippen molar-refractivity contribution in [3.05, 3.63) is 82.4 Å². The normalized spacial score (nSPS) is 16.4. The number of aromatic amines is 1. The van der Waals surface area contributed by atoms with Gasteiger partial charge in [0.25, 0.3) is 11.5 Å². The number of amides is 1. The third kappa shape index (κ3) is 3.62. The van der Waals surface area contributed by atoms with Gasteiger partial charge in [0.05, 0.1) is 12.3 Å². The molecule has 0 aliphatic carbocycles. The summed E-state index contributed by atoms with van der Waals surface area (Å²) in [4.78, 5) is 33.8. The highest BCUT2D eigenvalue weighted by molar-refractivity contribution is 5.94. The van der Waals surface area contributed by atoms with Gasteiger partial charge in [-0.15, -0.1) is 0 Å². The number of para-hydroxylation sites is 1. The molecule has 4 rings (SSSR count). The van der Waals surface area contributed by atoms with E-state index in [1.54, 1.807) is 17.2 Å². The highest BCUT2D eigenvalue weighted by Crippen LogP contribution is 2.32. The summed E-state index contributed by atoms with van der Waals surface area (Å²) < 4.78 is 11.0. The molecule has 1 saturated heterocycles. The predicted molar refractivity (Wildman–Crippen MR) is 97.4 cm³/mol. The maximum atomic E-state index is 12.9. The average molecular weight is 365 g/mol. The van der Waals surface area contributed by atoms with Crippen LogP contribution < -0.4 is 10.3 Å². The van der Waals surface area contributed by atoms with Gasteiger partial charge in [-0.1, -0.05) is 18.2 Å². The van der Waals surface area contributed by atoms with Crippen molar-refractivity contribution < 1.29 is 13.9 Å². The maximum Gasteiger partial charge on any atom is 0.263 e. The van der Waals surface area contributed by atoms with Gasteiger partial charge < -0.3 is 19.0 Å². The zero-order chi connectivity index (χ0) is 18.6. The summed E-state index contributed by atoms with van der Waals surface area (Å²) in [5.74, 6) is 1.44. The Morgan fingerprint density at radius 3 is 2.85 bits per heavy atom. The van der Waals surface area contributed by atoms with Crippen LogP contribution in [0.5, 0.6) is 5.75 Å². The van der Waals surface area contributed by atoms with Crippen LogP contribution in [-0.4, -0.2) is 27.3 Å². The Balaban J connectivity index is 1.49. The van der Waals surface area contributed by atoms with Crippen LogP contribution >= 0.6 is 0 Å². The standard InChI is InChI=1S/C20H19N3O4/c24-19-15(12-21-18(22-19)13-27-14-6-2-1-3-7-14)20(25)23-10-4-8-16(23)17-9-5-11-26-17/h1-3,5-7,9,11-12,16H,4,8,10,13H2,(H,21,22,24)/t16-/m0/s1. The van der Waals surface area contributed by atoms with Gasteiger partial charge in [-0.05, 0) is 37.1 Å². The van der Waals surface area contributed by atoms with Crippen molar-refractivity contribution in [1.29, 1.82) is 0 Å². The van der Waals surface area contributed by atoms with Crippen molar-refractivity contribution in [1.82, 2.24) is 14.9 Å². The van der Waals surface area contributed by atoms with E-state index in [0.29, 0.717) is 18.1 Å². The van der Waals surface area contributed by atoms with Gasteiger partial charge in [0.15, 0.2) is 0 Å². The number of hydrogen-bond donors (Lipinski definition) is 1. The van der Waals surface area contributed by atoms with E-state index in [4.69, 9.17) is 9.15 Å². The number of ether oxygens (including phenoxy) is 1. The minimum atomic E-state index is -0.466. The first kappa shape index (κ1) is 17.1. The molecule has 7 nitrogen and oxygen atoms in total. The van der Waals surface area contributed by atoms with Crippen LogP contribution in [0.2, 0.25) is 0 Å². The molecule has 1 N–H and O–H groups in total. The van der Waals surface area contributed by atoms with Crippen LogP contribution in [0.25, 0.3) is 0 Å². The van der Waals surface area contributed by atoms with Crippen molar-refractivity contribution in [3.8, 4) is 5.75 Å². The second kappa shape index (κ2) is 7.49. The molecule has 1 aliphatic rings. The number of H-pyrrole nitrogens is 1. The quantitative estimate of drug-likeness (QED) is 0.751. The van der Waals surface area contributed by atoms with Gasteiger partial charge in [-0.2, -0.15) is 0 Å². The van der Waals surface area contributed by atoms with E-state index >= 15 is 0 Å². The molecule has 0 spiro atoms. The first-order valence-electron chi connectivity index (χ1n) is 8.83. The number of hydrogen-bond acceptors (Lipinski definition) is 5. The topological polar surface area (TPSA) is 88.4 Å². The number of carbonyl (C=O) groups excluding carboxylic acids is 1.